The molecular formula is C12H13F6N. The van der Waals surface area contributed by atoms with Crippen molar-refractivity contribution in [3.05, 3.63) is 35.4 Å². The zero-order valence-corrected chi connectivity index (χ0v) is 9.91. The monoisotopic (exact) mass is 285 g/mol. The van der Waals surface area contributed by atoms with Crippen LogP contribution in [0.4, 0.5) is 26.3 Å². The van der Waals surface area contributed by atoms with Crippen LogP contribution in [0.15, 0.2) is 24.3 Å². The summed E-state index contributed by atoms with van der Waals surface area (Å²) in [5.41, 5.74) is -0.371. The minimum absolute atomic E-state index is 0.0948. The number of halogens is 6. The molecule has 0 heterocycles. The first-order chi connectivity index (χ1) is 8.68. The van der Waals surface area contributed by atoms with Gasteiger partial charge in [0.25, 0.3) is 0 Å². The van der Waals surface area contributed by atoms with Gasteiger partial charge in [-0.05, 0) is 24.6 Å². The lowest BCUT2D eigenvalue weighted by molar-refractivity contribution is -0.138. The van der Waals surface area contributed by atoms with Crippen molar-refractivity contribution >= 4 is 0 Å². The van der Waals surface area contributed by atoms with Crippen molar-refractivity contribution in [3.8, 4) is 0 Å². The second-order valence-electron chi connectivity index (χ2n) is 4.09. The molecule has 0 atom stereocenters. The smallest absolute Gasteiger partial charge is 0.313 e. The molecule has 0 amide bonds. The molecule has 1 aromatic carbocycles. The molecule has 0 spiro atoms. The molecule has 0 aromatic heterocycles. The summed E-state index contributed by atoms with van der Waals surface area (Å²) in [6.07, 6.45) is -9.60. The molecule has 19 heavy (non-hydrogen) atoms. The van der Waals surface area contributed by atoms with Crippen LogP contribution < -0.4 is 5.32 Å². The molecule has 0 bridgehead atoms. The summed E-state index contributed by atoms with van der Waals surface area (Å²) in [6.45, 7) is 0.220. The Balaban J connectivity index is 2.38. The maximum atomic E-state index is 12.4. The van der Waals surface area contributed by atoms with Crippen molar-refractivity contribution in [2.45, 2.75) is 31.7 Å². The Labute approximate surface area is 106 Å². The number of benzene rings is 1. The molecule has 0 saturated carbocycles. The Hall–Kier alpha value is -1.24. The molecular weight excluding hydrogens is 272 g/mol. The van der Waals surface area contributed by atoms with Gasteiger partial charge in [-0.15, -0.1) is 0 Å². The fourth-order valence-electron chi connectivity index (χ4n) is 1.50. The van der Waals surface area contributed by atoms with Gasteiger partial charge < -0.3 is 5.32 Å². The lowest BCUT2D eigenvalue weighted by atomic mass is 10.1. The van der Waals surface area contributed by atoms with Crippen LogP contribution in [0.5, 0.6) is 0 Å². The summed E-state index contributed by atoms with van der Waals surface area (Å²) >= 11 is 0. The van der Waals surface area contributed by atoms with Crippen molar-refractivity contribution in [1.82, 2.24) is 5.32 Å². The maximum absolute atomic E-state index is 12.4. The van der Waals surface area contributed by atoms with Crippen molar-refractivity contribution in [2.24, 2.45) is 0 Å². The molecule has 0 saturated heterocycles. The molecule has 0 radical (unpaired) electrons. The van der Waals surface area contributed by atoms with Gasteiger partial charge in [0, 0.05) is 13.0 Å². The highest BCUT2D eigenvalue weighted by Gasteiger charge is 2.30. The summed E-state index contributed by atoms with van der Waals surface area (Å²) in [6, 6.07) is 4.70. The molecule has 0 aliphatic carbocycles. The van der Waals surface area contributed by atoms with Crippen LogP contribution in [-0.4, -0.2) is 12.7 Å². The Kier molecular flexibility index (Phi) is 5.22. The van der Waals surface area contributed by atoms with E-state index in [0.29, 0.717) is 5.56 Å². The first-order valence-electron chi connectivity index (χ1n) is 5.62. The molecule has 0 aliphatic heterocycles. The zero-order valence-electron chi connectivity index (χ0n) is 9.91. The van der Waals surface area contributed by atoms with Crippen molar-refractivity contribution in [2.75, 3.05) is 6.54 Å². The Morgan fingerprint density at radius 2 is 1.68 bits per heavy atom. The average Bonchev–Trinajstić information content (AvgIpc) is 2.26. The highest BCUT2D eigenvalue weighted by Crippen LogP contribution is 2.29. The molecule has 108 valence electrons. The van der Waals surface area contributed by atoms with Crippen LogP contribution in [0.3, 0.4) is 0 Å². The van der Waals surface area contributed by atoms with E-state index in [-0.39, 0.29) is 19.5 Å². The van der Waals surface area contributed by atoms with E-state index in [9.17, 15) is 26.3 Å². The quantitative estimate of drug-likeness (QED) is 0.633. The first-order valence-corrected chi connectivity index (χ1v) is 5.62. The van der Waals surface area contributed by atoms with Crippen LogP contribution in [-0.2, 0) is 12.7 Å². The number of nitrogens with one attached hydrogen (secondary N) is 1. The van der Waals surface area contributed by atoms with Gasteiger partial charge in [-0.1, -0.05) is 18.2 Å². The summed E-state index contributed by atoms with van der Waals surface area (Å²) < 4.78 is 72.7. The maximum Gasteiger partial charge on any atom is 0.416 e. The van der Waals surface area contributed by atoms with E-state index in [1.165, 1.54) is 12.1 Å². The van der Waals surface area contributed by atoms with E-state index in [1.54, 1.807) is 0 Å². The predicted octanol–water partition coefficient (Wildman–Crippen LogP) is 4.14. The zero-order chi connectivity index (χ0) is 14.5. The van der Waals surface area contributed by atoms with Crippen LogP contribution in [0.2, 0.25) is 0 Å². The Morgan fingerprint density at radius 1 is 1.00 bits per heavy atom. The van der Waals surface area contributed by atoms with Crippen molar-refractivity contribution in [1.29, 1.82) is 0 Å². The fraction of sp³-hybridized carbons (Fsp3) is 0.500. The van der Waals surface area contributed by atoms with E-state index in [0.717, 1.165) is 12.1 Å². The highest BCUT2D eigenvalue weighted by atomic mass is 19.4. The van der Waals surface area contributed by atoms with Gasteiger partial charge in [0.1, 0.15) is 0 Å². The van der Waals surface area contributed by atoms with Crippen molar-refractivity contribution < 1.29 is 26.3 Å². The first kappa shape index (κ1) is 15.8. The predicted molar refractivity (Wildman–Crippen MR) is 58.4 cm³/mol. The molecule has 0 unspecified atom stereocenters. The Bertz CT molecular complexity index is 396. The number of hydrogen-bond donors (Lipinski definition) is 1. The molecule has 1 rings (SSSR count). The fourth-order valence-corrected chi connectivity index (χ4v) is 1.50. The molecule has 7 heteroatoms. The van der Waals surface area contributed by atoms with E-state index < -0.39 is 24.3 Å². The van der Waals surface area contributed by atoms with Gasteiger partial charge in [0.15, 0.2) is 0 Å². The second-order valence-corrected chi connectivity index (χ2v) is 4.09. The third kappa shape index (κ3) is 6.47. The topological polar surface area (TPSA) is 12.0 Å². The van der Waals surface area contributed by atoms with Crippen LogP contribution in [0.1, 0.15) is 24.0 Å². The second kappa shape index (κ2) is 6.27. The van der Waals surface area contributed by atoms with Gasteiger partial charge in [0.2, 0.25) is 0 Å². The summed E-state index contributed by atoms with van der Waals surface area (Å²) in [4.78, 5) is 0. The van der Waals surface area contributed by atoms with Gasteiger partial charge in [-0.2, -0.15) is 26.3 Å². The molecule has 1 nitrogen and oxygen atoms in total. The van der Waals surface area contributed by atoms with Crippen LogP contribution >= 0.6 is 0 Å². The van der Waals surface area contributed by atoms with E-state index in [2.05, 4.69) is 5.32 Å². The van der Waals surface area contributed by atoms with Gasteiger partial charge in [0.05, 0.1) is 5.56 Å². The van der Waals surface area contributed by atoms with Crippen LogP contribution in [0.25, 0.3) is 0 Å². The largest absolute Gasteiger partial charge is 0.416 e. The SMILES string of the molecule is FC(F)(F)CCCNCc1cccc(C(F)(F)F)c1. The Morgan fingerprint density at radius 3 is 2.26 bits per heavy atom. The number of rotatable bonds is 5. The summed E-state index contributed by atoms with van der Waals surface area (Å²) in [5, 5.41) is 2.69. The number of hydrogen-bond acceptors (Lipinski definition) is 1. The number of alkyl halides is 6. The van der Waals surface area contributed by atoms with E-state index in [1.807, 2.05) is 0 Å². The lowest BCUT2D eigenvalue weighted by Gasteiger charge is -2.10. The minimum Gasteiger partial charge on any atom is -0.313 e. The van der Waals surface area contributed by atoms with Gasteiger partial charge >= 0.3 is 12.4 Å². The molecule has 1 N–H and O–H groups in total. The summed E-state index contributed by atoms with van der Waals surface area (Å²) in [5.74, 6) is 0. The minimum atomic E-state index is -4.41. The normalized spacial score (nSPS) is 12.7. The van der Waals surface area contributed by atoms with Gasteiger partial charge in [-0.25, -0.2) is 0 Å². The third-order valence-electron chi connectivity index (χ3n) is 2.40. The summed E-state index contributed by atoms with van der Waals surface area (Å²) in [7, 11) is 0. The molecule has 0 aliphatic rings. The van der Waals surface area contributed by atoms with E-state index >= 15 is 0 Å². The van der Waals surface area contributed by atoms with Crippen LogP contribution in [0, 0.1) is 0 Å². The lowest BCUT2D eigenvalue weighted by Crippen LogP contribution is -2.18. The standard InChI is InChI=1S/C12H13F6N/c13-11(14,15)5-2-6-19-8-9-3-1-4-10(7-9)12(16,17)18/h1,3-4,7,19H,2,5-6,8H2. The van der Waals surface area contributed by atoms with E-state index in [4.69, 9.17) is 0 Å². The molecule has 0 fully saturated rings. The highest BCUT2D eigenvalue weighted by molar-refractivity contribution is 5.25. The van der Waals surface area contributed by atoms with Crippen molar-refractivity contribution in [3.63, 3.8) is 0 Å². The van der Waals surface area contributed by atoms with Gasteiger partial charge in [-0.3, -0.25) is 0 Å². The molecule has 1 aromatic rings. The third-order valence-corrected chi connectivity index (χ3v) is 2.40. The average molecular weight is 285 g/mol.